The van der Waals surface area contributed by atoms with Crippen LogP contribution in [0.25, 0.3) is 0 Å². The van der Waals surface area contributed by atoms with E-state index in [0.717, 1.165) is 0 Å². The van der Waals surface area contributed by atoms with Gasteiger partial charge < -0.3 is 20.5 Å². The molecule has 2 amide bonds. The molecule has 2 aromatic carbocycles. The number of amides is 2. The summed E-state index contributed by atoms with van der Waals surface area (Å²) < 4.78 is 10.3. The number of carbonyl (C=O) groups excluding carboxylic acids is 2. The molecule has 120 valence electrons. The second-order valence-corrected chi connectivity index (χ2v) is 5.01. The van der Waals surface area contributed by atoms with Gasteiger partial charge in [-0.2, -0.15) is 0 Å². The molecule has 2 aromatic rings. The average molecular weight is 335 g/mol. The van der Waals surface area contributed by atoms with Gasteiger partial charge in [0.25, 0.3) is 11.8 Å². The third-order valence-electron chi connectivity index (χ3n) is 2.90. The Labute approximate surface area is 138 Å². The van der Waals surface area contributed by atoms with E-state index in [0.29, 0.717) is 27.8 Å². The van der Waals surface area contributed by atoms with Gasteiger partial charge in [0.15, 0.2) is 6.61 Å². The lowest BCUT2D eigenvalue weighted by molar-refractivity contribution is -0.119. The summed E-state index contributed by atoms with van der Waals surface area (Å²) in [7, 11) is 1.48. The predicted molar refractivity (Wildman–Crippen MR) is 87.1 cm³/mol. The van der Waals surface area contributed by atoms with E-state index >= 15 is 0 Å². The summed E-state index contributed by atoms with van der Waals surface area (Å²) >= 11 is 5.91. The number of methoxy groups -OCH3 is 1. The van der Waals surface area contributed by atoms with Crippen molar-refractivity contribution in [3.8, 4) is 11.5 Å². The van der Waals surface area contributed by atoms with Crippen molar-refractivity contribution in [1.82, 2.24) is 0 Å². The number of hydrogen-bond acceptors (Lipinski definition) is 4. The Balaban J connectivity index is 2.08. The summed E-state index contributed by atoms with van der Waals surface area (Å²) in [6.07, 6.45) is 0. The minimum atomic E-state index is -0.560. The minimum Gasteiger partial charge on any atom is -0.496 e. The standard InChI is InChI=1S/C16H15ClN2O4/c1-22-14-7-2-10(17)8-13(14)16(21)19-11-3-5-12(6-4-11)23-9-15(18)20/h2-8H,9H2,1H3,(H2,18,20)(H,19,21). The number of carbonyl (C=O) groups is 2. The maximum absolute atomic E-state index is 12.3. The first-order chi connectivity index (χ1) is 11.0. The second-order valence-electron chi connectivity index (χ2n) is 4.58. The minimum absolute atomic E-state index is 0.203. The molecule has 0 heterocycles. The van der Waals surface area contributed by atoms with Crippen molar-refractivity contribution in [3.05, 3.63) is 53.1 Å². The van der Waals surface area contributed by atoms with E-state index in [1.807, 2.05) is 0 Å². The smallest absolute Gasteiger partial charge is 0.259 e. The molecule has 0 atom stereocenters. The normalized spacial score (nSPS) is 10.0. The summed E-state index contributed by atoms with van der Waals surface area (Å²) in [6, 6.07) is 11.3. The third-order valence-corrected chi connectivity index (χ3v) is 3.13. The Bertz CT molecular complexity index is 717. The molecule has 2 rings (SSSR count). The van der Waals surface area contributed by atoms with E-state index in [9.17, 15) is 9.59 Å². The molecular formula is C16H15ClN2O4. The molecule has 0 aliphatic heterocycles. The molecule has 0 spiro atoms. The Morgan fingerprint density at radius 2 is 1.87 bits per heavy atom. The highest BCUT2D eigenvalue weighted by Gasteiger charge is 2.13. The van der Waals surface area contributed by atoms with E-state index in [-0.39, 0.29) is 12.5 Å². The van der Waals surface area contributed by atoms with Crippen molar-refractivity contribution >= 4 is 29.1 Å². The molecule has 6 nitrogen and oxygen atoms in total. The van der Waals surface area contributed by atoms with Gasteiger partial charge in [-0.3, -0.25) is 9.59 Å². The van der Waals surface area contributed by atoms with Crippen LogP contribution in [0, 0.1) is 0 Å². The Hall–Kier alpha value is -2.73. The van der Waals surface area contributed by atoms with Crippen LogP contribution in [0.3, 0.4) is 0 Å². The fourth-order valence-electron chi connectivity index (χ4n) is 1.85. The summed E-state index contributed by atoms with van der Waals surface area (Å²) in [5.41, 5.74) is 5.88. The second kappa shape index (κ2) is 7.51. The van der Waals surface area contributed by atoms with Crippen LogP contribution >= 0.6 is 11.6 Å². The first-order valence-electron chi connectivity index (χ1n) is 6.65. The molecule has 0 radical (unpaired) electrons. The van der Waals surface area contributed by atoms with Crippen LogP contribution in [0.15, 0.2) is 42.5 Å². The maximum atomic E-state index is 12.3. The number of benzene rings is 2. The van der Waals surface area contributed by atoms with E-state index in [1.54, 1.807) is 36.4 Å². The number of hydrogen-bond donors (Lipinski definition) is 2. The van der Waals surface area contributed by atoms with Crippen LogP contribution in [0.4, 0.5) is 5.69 Å². The SMILES string of the molecule is COc1ccc(Cl)cc1C(=O)Nc1ccc(OCC(N)=O)cc1. The highest BCUT2D eigenvalue weighted by atomic mass is 35.5. The zero-order valence-corrected chi connectivity index (χ0v) is 13.1. The molecule has 7 heteroatoms. The van der Waals surface area contributed by atoms with Crippen molar-refractivity contribution < 1.29 is 19.1 Å². The molecule has 0 aromatic heterocycles. The van der Waals surface area contributed by atoms with Crippen LogP contribution in [0.5, 0.6) is 11.5 Å². The van der Waals surface area contributed by atoms with Crippen LogP contribution in [-0.2, 0) is 4.79 Å². The average Bonchev–Trinajstić information content (AvgIpc) is 2.54. The summed E-state index contributed by atoms with van der Waals surface area (Å²) in [5, 5.41) is 3.16. The van der Waals surface area contributed by atoms with Gasteiger partial charge in [0.1, 0.15) is 11.5 Å². The number of nitrogens with two attached hydrogens (primary N) is 1. The number of halogens is 1. The van der Waals surface area contributed by atoms with Crippen LogP contribution in [-0.4, -0.2) is 25.5 Å². The number of nitrogens with one attached hydrogen (secondary N) is 1. The first-order valence-corrected chi connectivity index (χ1v) is 7.03. The van der Waals surface area contributed by atoms with Gasteiger partial charge in [0.2, 0.25) is 0 Å². The summed E-state index contributed by atoms with van der Waals surface area (Å²) in [5.74, 6) is -0.0129. The van der Waals surface area contributed by atoms with Crippen molar-refractivity contribution in [1.29, 1.82) is 0 Å². The number of ether oxygens (including phenoxy) is 2. The molecule has 0 saturated heterocycles. The first kappa shape index (κ1) is 16.6. The van der Waals surface area contributed by atoms with Crippen molar-refractivity contribution in [2.75, 3.05) is 19.0 Å². The predicted octanol–water partition coefficient (Wildman–Crippen LogP) is 2.46. The van der Waals surface area contributed by atoms with Crippen molar-refractivity contribution in [2.45, 2.75) is 0 Å². The lowest BCUT2D eigenvalue weighted by atomic mass is 10.2. The Morgan fingerprint density at radius 3 is 2.48 bits per heavy atom. The van der Waals surface area contributed by atoms with Crippen LogP contribution in [0.2, 0.25) is 5.02 Å². The Kier molecular flexibility index (Phi) is 5.43. The molecule has 0 bridgehead atoms. The van der Waals surface area contributed by atoms with Crippen molar-refractivity contribution in [2.24, 2.45) is 5.73 Å². The van der Waals surface area contributed by atoms with Gasteiger partial charge in [-0.05, 0) is 42.5 Å². The molecule has 3 N–H and O–H groups in total. The molecule has 0 aliphatic rings. The lowest BCUT2D eigenvalue weighted by Crippen LogP contribution is -2.20. The maximum Gasteiger partial charge on any atom is 0.259 e. The molecular weight excluding hydrogens is 320 g/mol. The van der Waals surface area contributed by atoms with Gasteiger partial charge in [-0.15, -0.1) is 0 Å². The van der Waals surface area contributed by atoms with Gasteiger partial charge in [0, 0.05) is 10.7 Å². The topological polar surface area (TPSA) is 90.7 Å². The Morgan fingerprint density at radius 1 is 1.17 bits per heavy atom. The van der Waals surface area contributed by atoms with Gasteiger partial charge >= 0.3 is 0 Å². The van der Waals surface area contributed by atoms with Crippen LogP contribution in [0.1, 0.15) is 10.4 Å². The zero-order chi connectivity index (χ0) is 16.8. The van der Waals surface area contributed by atoms with Gasteiger partial charge in [0.05, 0.1) is 12.7 Å². The van der Waals surface area contributed by atoms with E-state index in [1.165, 1.54) is 13.2 Å². The molecule has 0 saturated carbocycles. The molecule has 0 unspecified atom stereocenters. The highest BCUT2D eigenvalue weighted by molar-refractivity contribution is 6.31. The van der Waals surface area contributed by atoms with E-state index in [2.05, 4.69) is 5.32 Å². The van der Waals surface area contributed by atoms with E-state index < -0.39 is 5.91 Å². The highest BCUT2D eigenvalue weighted by Crippen LogP contribution is 2.24. The molecule has 0 fully saturated rings. The third kappa shape index (κ3) is 4.62. The quantitative estimate of drug-likeness (QED) is 0.849. The summed E-state index contributed by atoms with van der Waals surface area (Å²) in [6.45, 7) is -0.203. The van der Waals surface area contributed by atoms with Gasteiger partial charge in [-0.1, -0.05) is 11.6 Å². The van der Waals surface area contributed by atoms with Crippen molar-refractivity contribution in [3.63, 3.8) is 0 Å². The van der Waals surface area contributed by atoms with E-state index in [4.69, 9.17) is 26.8 Å². The zero-order valence-electron chi connectivity index (χ0n) is 12.3. The fourth-order valence-corrected chi connectivity index (χ4v) is 2.02. The number of rotatable bonds is 6. The number of primary amides is 1. The largest absolute Gasteiger partial charge is 0.496 e. The monoisotopic (exact) mass is 334 g/mol. The number of anilines is 1. The van der Waals surface area contributed by atoms with Crippen LogP contribution < -0.4 is 20.5 Å². The fraction of sp³-hybridized carbons (Fsp3) is 0.125. The molecule has 23 heavy (non-hydrogen) atoms. The summed E-state index contributed by atoms with van der Waals surface area (Å²) in [4.78, 5) is 23.0. The molecule has 0 aliphatic carbocycles. The van der Waals surface area contributed by atoms with Gasteiger partial charge in [-0.25, -0.2) is 0 Å². The lowest BCUT2D eigenvalue weighted by Gasteiger charge is -2.10.